The topological polar surface area (TPSA) is 77.3 Å². The van der Waals surface area contributed by atoms with Crippen molar-refractivity contribution in [1.82, 2.24) is 19.7 Å². The van der Waals surface area contributed by atoms with Crippen molar-refractivity contribution in [3.63, 3.8) is 0 Å². The van der Waals surface area contributed by atoms with Crippen molar-refractivity contribution < 1.29 is 14.3 Å². The van der Waals surface area contributed by atoms with Gasteiger partial charge in [0.15, 0.2) is 5.78 Å². The first-order valence-corrected chi connectivity index (χ1v) is 9.65. The summed E-state index contributed by atoms with van der Waals surface area (Å²) < 4.78 is 7.02. The van der Waals surface area contributed by atoms with E-state index >= 15 is 0 Å². The Morgan fingerprint density at radius 2 is 1.86 bits per heavy atom. The largest absolute Gasteiger partial charge is 0.496 e. The zero-order chi connectivity index (χ0) is 20.4. The highest BCUT2D eigenvalue weighted by Crippen LogP contribution is 2.28. The molecule has 1 aliphatic rings. The second kappa shape index (κ2) is 8.12. The summed E-state index contributed by atoms with van der Waals surface area (Å²) in [6.45, 7) is 8.83. The van der Waals surface area contributed by atoms with E-state index in [1.54, 1.807) is 16.7 Å². The summed E-state index contributed by atoms with van der Waals surface area (Å²) in [5.41, 5.74) is 2.59. The zero-order valence-corrected chi connectivity index (χ0v) is 17.3. The minimum atomic E-state index is -0.177. The van der Waals surface area contributed by atoms with Gasteiger partial charge in [0, 0.05) is 24.6 Å². The third-order valence-electron chi connectivity index (χ3n) is 5.34. The van der Waals surface area contributed by atoms with Crippen molar-refractivity contribution in [1.29, 1.82) is 0 Å². The molecule has 1 fully saturated rings. The Balaban J connectivity index is 1.71. The molecule has 0 N–H and O–H groups in total. The number of hydrogen-bond acceptors (Lipinski definition) is 5. The normalized spacial score (nSPS) is 16.9. The van der Waals surface area contributed by atoms with E-state index in [0.717, 1.165) is 35.5 Å². The molecule has 1 aliphatic heterocycles. The predicted molar refractivity (Wildman–Crippen MR) is 106 cm³/mol. The number of carbonyl (C=O) groups excluding carboxylic acids is 2. The Hall–Kier alpha value is -2.70. The van der Waals surface area contributed by atoms with Crippen molar-refractivity contribution in [2.45, 2.75) is 47.1 Å². The highest BCUT2D eigenvalue weighted by molar-refractivity contribution is 5.99. The van der Waals surface area contributed by atoms with Crippen molar-refractivity contribution in [2.24, 2.45) is 5.92 Å². The quantitative estimate of drug-likeness (QED) is 0.741. The smallest absolute Gasteiger partial charge is 0.244 e. The number of piperidine rings is 1. The molecule has 1 amide bonds. The van der Waals surface area contributed by atoms with E-state index in [9.17, 15) is 9.59 Å². The van der Waals surface area contributed by atoms with E-state index in [4.69, 9.17) is 4.74 Å². The molecule has 1 aromatic carbocycles. The fraction of sp³-hybridized carbons (Fsp3) is 0.524. The first kappa shape index (κ1) is 20.0. The zero-order valence-electron chi connectivity index (χ0n) is 17.3. The van der Waals surface area contributed by atoms with Crippen molar-refractivity contribution in [3.8, 4) is 5.75 Å². The molecule has 2 aromatic rings. The Morgan fingerprint density at radius 1 is 1.18 bits per heavy atom. The fourth-order valence-electron chi connectivity index (χ4n) is 4.01. The average Bonchev–Trinajstić information content (AvgIpc) is 2.97. The van der Waals surface area contributed by atoms with Gasteiger partial charge in [0.1, 0.15) is 23.9 Å². The van der Waals surface area contributed by atoms with E-state index < -0.39 is 0 Å². The summed E-state index contributed by atoms with van der Waals surface area (Å²) in [4.78, 5) is 31.8. The first-order valence-electron chi connectivity index (χ1n) is 9.65. The SMILES string of the molecule is COc1c(C)cc(C(=O)[C@@H]2CCCN(C(=O)Cn3nc(C)nc3C)C2)cc1C. The van der Waals surface area contributed by atoms with E-state index in [-0.39, 0.29) is 24.2 Å². The molecule has 0 bridgehead atoms. The molecule has 3 rings (SSSR count). The number of benzene rings is 1. The van der Waals surface area contributed by atoms with Gasteiger partial charge in [0.25, 0.3) is 0 Å². The fourth-order valence-corrected chi connectivity index (χ4v) is 4.01. The number of carbonyl (C=O) groups is 2. The summed E-state index contributed by atoms with van der Waals surface area (Å²) in [6, 6.07) is 3.77. The van der Waals surface area contributed by atoms with Crippen molar-refractivity contribution in [3.05, 3.63) is 40.5 Å². The second-order valence-corrected chi connectivity index (χ2v) is 7.55. The van der Waals surface area contributed by atoms with Crippen LogP contribution in [0.25, 0.3) is 0 Å². The average molecular weight is 384 g/mol. The number of nitrogens with zero attached hydrogens (tertiary/aromatic N) is 4. The summed E-state index contributed by atoms with van der Waals surface area (Å²) in [7, 11) is 1.64. The lowest BCUT2D eigenvalue weighted by Crippen LogP contribution is -2.44. The van der Waals surface area contributed by atoms with Crippen molar-refractivity contribution >= 4 is 11.7 Å². The number of ketones is 1. The molecular formula is C21H28N4O3. The minimum Gasteiger partial charge on any atom is -0.496 e. The Labute approximate surface area is 165 Å². The molecule has 0 unspecified atom stereocenters. The lowest BCUT2D eigenvalue weighted by Gasteiger charge is -2.32. The van der Waals surface area contributed by atoms with Gasteiger partial charge in [0.2, 0.25) is 5.91 Å². The molecule has 0 spiro atoms. The van der Waals surface area contributed by atoms with Crippen LogP contribution in [-0.4, -0.2) is 51.6 Å². The summed E-state index contributed by atoms with van der Waals surface area (Å²) in [5.74, 6) is 2.09. The maximum atomic E-state index is 13.1. The van der Waals surface area contributed by atoms with Crippen LogP contribution in [-0.2, 0) is 11.3 Å². The molecule has 1 aromatic heterocycles. The molecular weight excluding hydrogens is 356 g/mol. The lowest BCUT2D eigenvalue weighted by atomic mass is 9.88. The monoisotopic (exact) mass is 384 g/mol. The third-order valence-corrected chi connectivity index (χ3v) is 5.34. The number of aryl methyl sites for hydroxylation is 4. The number of amides is 1. The van der Waals surface area contributed by atoms with Crippen LogP contribution in [0.4, 0.5) is 0 Å². The molecule has 28 heavy (non-hydrogen) atoms. The molecule has 2 heterocycles. The Bertz CT molecular complexity index is 880. The van der Waals surface area contributed by atoms with E-state index in [1.807, 2.05) is 39.8 Å². The number of methoxy groups -OCH3 is 1. The van der Waals surface area contributed by atoms with Crippen LogP contribution >= 0.6 is 0 Å². The summed E-state index contributed by atoms with van der Waals surface area (Å²) in [6.07, 6.45) is 1.62. The van der Waals surface area contributed by atoms with Crippen LogP contribution in [0, 0.1) is 33.6 Å². The second-order valence-electron chi connectivity index (χ2n) is 7.55. The van der Waals surface area contributed by atoms with Crippen LogP contribution < -0.4 is 4.74 Å². The van der Waals surface area contributed by atoms with E-state index in [2.05, 4.69) is 10.1 Å². The molecule has 0 aliphatic carbocycles. The molecule has 1 atom stereocenters. The third kappa shape index (κ3) is 4.08. The van der Waals surface area contributed by atoms with Gasteiger partial charge >= 0.3 is 0 Å². The highest BCUT2D eigenvalue weighted by Gasteiger charge is 2.30. The van der Waals surface area contributed by atoms with E-state index in [0.29, 0.717) is 24.5 Å². The highest BCUT2D eigenvalue weighted by atomic mass is 16.5. The van der Waals surface area contributed by atoms with Gasteiger partial charge in [-0.3, -0.25) is 9.59 Å². The molecule has 1 saturated heterocycles. The molecule has 7 heteroatoms. The molecule has 0 saturated carbocycles. The number of likely N-dealkylation sites (tertiary alicyclic amines) is 1. The van der Waals surface area contributed by atoms with Gasteiger partial charge in [-0.25, -0.2) is 9.67 Å². The number of aromatic nitrogens is 3. The van der Waals surface area contributed by atoms with Gasteiger partial charge in [-0.2, -0.15) is 5.10 Å². The van der Waals surface area contributed by atoms with Gasteiger partial charge in [-0.05, 0) is 63.8 Å². The van der Waals surface area contributed by atoms with Crippen LogP contribution in [0.2, 0.25) is 0 Å². The van der Waals surface area contributed by atoms with Crippen LogP contribution in [0.15, 0.2) is 12.1 Å². The first-order chi connectivity index (χ1) is 13.3. The maximum Gasteiger partial charge on any atom is 0.244 e. The Kier molecular flexibility index (Phi) is 5.82. The Morgan fingerprint density at radius 3 is 2.43 bits per heavy atom. The van der Waals surface area contributed by atoms with Crippen LogP contribution in [0.1, 0.15) is 46.0 Å². The lowest BCUT2D eigenvalue weighted by molar-refractivity contribution is -0.133. The maximum absolute atomic E-state index is 13.1. The summed E-state index contributed by atoms with van der Waals surface area (Å²) in [5, 5.41) is 4.26. The summed E-state index contributed by atoms with van der Waals surface area (Å²) >= 11 is 0. The van der Waals surface area contributed by atoms with Gasteiger partial charge in [-0.15, -0.1) is 0 Å². The van der Waals surface area contributed by atoms with Crippen LogP contribution in [0.3, 0.4) is 0 Å². The van der Waals surface area contributed by atoms with Crippen molar-refractivity contribution in [2.75, 3.05) is 20.2 Å². The number of hydrogen-bond donors (Lipinski definition) is 0. The van der Waals surface area contributed by atoms with Crippen LogP contribution in [0.5, 0.6) is 5.75 Å². The van der Waals surface area contributed by atoms with Gasteiger partial charge in [-0.1, -0.05) is 0 Å². The van der Waals surface area contributed by atoms with Gasteiger partial charge < -0.3 is 9.64 Å². The molecule has 7 nitrogen and oxygen atoms in total. The molecule has 0 radical (unpaired) electrons. The number of Topliss-reactive ketones (excluding diaryl/α,β-unsaturated/α-hetero) is 1. The predicted octanol–water partition coefficient (Wildman–Crippen LogP) is 2.64. The standard InChI is InChI=1S/C21H28N4O3/c1-13-9-18(10-14(2)21(13)28-5)20(27)17-7-6-8-24(11-17)19(26)12-25-16(4)22-15(3)23-25/h9-10,17H,6-8,11-12H2,1-5H3/t17-/m1/s1. The van der Waals surface area contributed by atoms with Gasteiger partial charge in [0.05, 0.1) is 7.11 Å². The molecule has 150 valence electrons. The number of rotatable bonds is 5. The van der Waals surface area contributed by atoms with E-state index in [1.165, 1.54) is 0 Å². The minimum absolute atomic E-state index is 0.0207. The number of ether oxygens (including phenoxy) is 1.